The van der Waals surface area contributed by atoms with Gasteiger partial charge in [-0.3, -0.25) is 0 Å². The average molecular weight is 226 g/mol. The maximum atomic E-state index is 5.92. The van der Waals surface area contributed by atoms with Gasteiger partial charge in [-0.1, -0.05) is 0 Å². The maximum Gasteiger partial charge on any atom is 0.0468 e. The molecule has 3 nitrogen and oxygen atoms in total. The molecule has 0 amide bonds. The second-order valence-electron chi connectivity index (χ2n) is 5.81. The summed E-state index contributed by atoms with van der Waals surface area (Å²) in [5.41, 5.74) is 6.50. The van der Waals surface area contributed by atoms with Crippen molar-refractivity contribution in [3.63, 3.8) is 0 Å². The number of hydrogen-bond donors (Lipinski definition) is 2. The van der Waals surface area contributed by atoms with Crippen molar-refractivity contribution in [2.24, 2.45) is 17.1 Å². The minimum absolute atomic E-state index is 0.468. The van der Waals surface area contributed by atoms with Gasteiger partial charge in [0.2, 0.25) is 0 Å². The smallest absolute Gasteiger partial charge is 0.0468 e. The monoisotopic (exact) mass is 226 g/mol. The third kappa shape index (κ3) is 3.44. The molecule has 2 aliphatic rings. The Hall–Kier alpha value is -0.120. The van der Waals surface area contributed by atoms with E-state index < -0.39 is 0 Å². The fourth-order valence-electron chi connectivity index (χ4n) is 2.85. The fourth-order valence-corrected chi connectivity index (χ4v) is 2.85. The highest BCUT2D eigenvalue weighted by molar-refractivity contribution is 4.95. The van der Waals surface area contributed by atoms with Crippen LogP contribution in [0.1, 0.15) is 38.5 Å². The SMILES string of the molecule is COCCC1(CNCC2CCC(N)C2)CC1. The Balaban J connectivity index is 1.57. The molecule has 0 radical (unpaired) electrons. The van der Waals surface area contributed by atoms with E-state index in [0.717, 1.165) is 12.5 Å². The molecule has 2 unspecified atom stereocenters. The molecule has 2 aliphatic carbocycles. The zero-order valence-electron chi connectivity index (χ0n) is 10.5. The van der Waals surface area contributed by atoms with Gasteiger partial charge in [0.1, 0.15) is 0 Å². The standard InChI is InChI=1S/C13H26N2O/c1-16-7-6-13(4-5-13)10-15-9-11-2-3-12(14)8-11/h11-12,15H,2-10,14H2,1H3. The Morgan fingerprint density at radius 1 is 1.38 bits per heavy atom. The second kappa shape index (κ2) is 5.48. The van der Waals surface area contributed by atoms with Crippen molar-refractivity contribution in [3.05, 3.63) is 0 Å². The van der Waals surface area contributed by atoms with Crippen LogP contribution in [0.2, 0.25) is 0 Å². The summed E-state index contributed by atoms with van der Waals surface area (Å²) in [7, 11) is 1.80. The van der Waals surface area contributed by atoms with Gasteiger partial charge in [0.05, 0.1) is 0 Å². The van der Waals surface area contributed by atoms with Crippen molar-refractivity contribution in [1.29, 1.82) is 0 Å². The van der Waals surface area contributed by atoms with Gasteiger partial charge < -0.3 is 15.8 Å². The predicted molar refractivity (Wildman–Crippen MR) is 66.3 cm³/mol. The molecule has 0 aromatic heterocycles. The Bertz CT molecular complexity index is 216. The van der Waals surface area contributed by atoms with Crippen LogP contribution in [0.25, 0.3) is 0 Å². The van der Waals surface area contributed by atoms with E-state index in [0.29, 0.717) is 11.5 Å². The summed E-state index contributed by atoms with van der Waals surface area (Å²) in [4.78, 5) is 0. The Kier molecular flexibility index (Phi) is 4.22. The Morgan fingerprint density at radius 3 is 2.75 bits per heavy atom. The highest BCUT2D eigenvalue weighted by Crippen LogP contribution is 2.48. The molecule has 2 atom stereocenters. The van der Waals surface area contributed by atoms with Crippen LogP contribution in [0, 0.1) is 11.3 Å². The van der Waals surface area contributed by atoms with Crippen molar-refractivity contribution in [1.82, 2.24) is 5.32 Å². The number of rotatable bonds is 7. The van der Waals surface area contributed by atoms with Crippen LogP contribution in [0.4, 0.5) is 0 Å². The summed E-state index contributed by atoms with van der Waals surface area (Å²) in [5, 5.41) is 3.65. The van der Waals surface area contributed by atoms with Gasteiger partial charge in [-0.15, -0.1) is 0 Å². The van der Waals surface area contributed by atoms with Crippen LogP contribution in [-0.2, 0) is 4.74 Å². The molecule has 2 rings (SSSR count). The summed E-state index contributed by atoms with van der Waals surface area (Å²) < 4.78 is 5.17. The first-order chi connectivity index (χ1) is 7.74. The molecule has 2 saturated carbocycles. The first kappa shape index (κ1) is 12.3. The summed E-state index contributed by atoms with van der Waals surface area (Å²) in [6.07, 6.45) is 7.75. The van der Waals surface area contributed by atoms with Crippen molar-refractivity contribution in [2.45, 2.75) is 44.6 Å². The molecule has 0 aromatic rings. The summed E-state index contributed by atoms with van der Waals surface area (Å²) in [5.74, 6) is 0.827. The molecule has 94 valence electrons. The largest absolute Gasteiger partial charge is 0.385 e. The van der Waals surface area contributed by atoms with Crippen LogP contribution in [0.3, 0.4) is 0 Å². The third-order valence-corrected chi connectivity index (χ3v) is 4.31. The second-order valence-corrected chi connectivity index (χ2v) is 5.81. The minimum atomic E-state index is 0.468. The number of hydrogen-bond acceptors (Lipinski definition) is 3. The topological polar surface area (TPSA) is 47.3 Å². The van der Waals surface area contributed by atoms with Crippen LogP contribution < -0.4 is 11.1 Å². The van der Waals surface area contributed by atoms with Crippen LogP contribution in [0.15, 0.2) is 0 Å². The fraction of sp³-hybridized carbons (Fsp3) is 1.00. The van der Waals surface area contributed by atoms with Crippen molar-refractivity contribution < 1.29 is 4.74 Å². The molecule has 0 spiro atoms. The first-order valence-corrected chi connectivity index (χ1v) is 6.69. The number of nitrogens with two attached hydrogens (primary N) is 1. The quantitative estimate of drug-likeness (QED) is 0.692. The van der Waals surface area contributed by atoms with Crippen LogP contribution in [-0.4, -0.2) is 32.8 Å². The highest BCUT2D eigenvalue weighted by atomic mass is 16.5. The van der Waals surface area contributed by atoms with Crippen LogP contribution >= 0.6 is 0 Å². The molecular weight excluding hydrogens is 200 g/mol. The van der Waals surface area contributed by atoms with Crippen molar-refractivity contribution in [3.8, 4) is 0 Å². The van der Waals surface area contributed by atoms with Gasteiger partial charge in [0.25, 0.3) is 0 Å². The lowest BCUT2D eigenvalue weighted by molar-refractivity contribution is 0.171. The molecule has 0 saturated heterocycles. The number of ether oxygens (including phenoxy) is 1. The average Bonchev–Trinajstić information content (AvgIpc) is 2.92. The van der Waals surface area contributed by atoms with E-state index in [1.807, 2.05) is 0 Å². The van der Waals surface area contributed by atoms with Crippen molar-refractivity contribution in [2.75, 3.05) is 26.8 Å². The van der Waals surface area contributed by atoms with Crippen LogP contribution in [0.5, 0.6) is 0 Å². The third-order valence-electron chi connectivity index (χ3n) is 4.31. The molecular formula is C13H26N2O. The molecule has 2 fully saturated rings. The van der Waals surface area contributed by atoms with Gasteiger partial charge in [0, 0.05) is 26.3 Å². The minimum Gasteiger partial charge on any atom is -0.385 e. The maximum absolute atomic E-state index is 5.92. The molecule has 3 N–H and O–H groups in total. The summed E-state index contributed by atoms with van der Waals surface area (Å²) >= 11 is 0. The van der Waals surface area contributed by atoms with E-state index >= 15 is 0 Å². The normalized spacial score (nSPS) is 31.9. The van der Waals surface area contributed by atoms with E-state index in [4.69, 9.17) is 10.5 Å². The molecule has 0 aromatic carbocycles. The van der Waals surface area contributed by atoms with Gasteiger partial charge in [-0.05, 0) is 56.4 Å². The summed E-state index contributed by atoms with van der Waals surface area (Å²) in [6, 6.07) is 0.468. The molecule has 16 heavy (non-hydrogen) atoms. The van der Waals surface area contributed by atoms with Gasteiger partial charge >= 0.3 is 0 Å². The molecule has 0 aliphatic heterocycles. The lowest BCUT2D eigenvalue weighted by Crippen LogP contribution is -2.29. The van der Waals surface area contributed by atoms with E-state index in [2.05, 4.69) is 5.32 Å². The highest BCUT2D eigenvalue weighted by Gasteiger charge is 2.41. The molecule has 0 heterocycles. The van der Waals surface area contributed by atoms with E-state index in [9.17, 15) is 0 Å². The summed E-state index contributed by atoms with van der Waals surface area (Å²) in [6.45, 7) is 3.26. The molecule has 3 heteroatoms. The molecule has 0 bridgehead atoms. The Morgan fingerprint density at radius 2 is 2.19 bits per heavy atom. The Labute approximate surface area is 99.1 Å². The van der Waals surface area contributed by atoms with Gasteiger partial charge in [0.15, 0.2) is 0 Å². The lowest BCUT2D eigenvalue weighted by Gasteiger charge is -2.17. The number of nitrogens with one attached hydrogen (secondary N) is 1. The zero-order chi connectivity index (χ0) is 11.4. The van der Waals surface area contributed by atoms with Crippen molar-refractivity contribution >= 4 is 0 Å². The lowest BCUT2D eigenvalue weighted by atomic mass is 10.0. The zero-order valence-corrected chi connectivity index (χ0v) is 10.5. The van der Waals surface area contributed by atoms with Gasteiger partial charge in [-0.25, -0.2) is 0 Å². The van der Waals surface area contributed by atoms with E-state index in [-0.39, 0.29) is 0 Å². The van der Waals surface area contributed by atoms with E-state index in [1.165, 1.54) is 51.6 Å². The van der Waals surface area contributed by atoms with Gasteiger partial charge in [-0.2, -0.15) is 0 Å². The van der Waals surface area contributed by atoms with E-state index in [1.54, 1.807) is 7.11 Å². The number of methoxy groups -OCH3 is 1. The first-order valence-electron chi connectivity index (χ1n) is 6.69. The predicted octanol–water partition coefficient (Wildman–Crippen LogP) is 1.52.